The average Bonchev–Trinajstić information content (AvgIpc) is 3.76. The van der Waals surface area contributed by atoms with Gasteiger partial charge in [-0.15, -0.1) is 0 Å². The molecule has 24 nitrogen and oxygen atoms in total. The molecular weight excluding hydrogens is 1020 g/mol. The Morgan fingerprint density at radius 1 is 0.584 bits per heavy atom. The molecule has 9 rings (SSSR count). The minimum atomic E-state index is -1.81. The van der Waals surface area contributed by atoms with Crippen molar-refractivity contribution in [1.82, 2.24) is 0 Å². The van der Waals surface area contributed by atoms with Crippen LogP contribution in [0.3, 0.4) is 0 Å². The summed E-state index contributed by atoms with van der Waals surface area (Å²) in [7, 11) is 3.22. The van der Waals surface area contributed by atoms with Gasteiger partial charge in [0.1, 0.15) is 109 Å². The third-order valence-electron chi connectivity index (χ3n) is 19.1. The zero-order valence-electron chi connectivity index (χ0n) is 44.0. The lowest BCUT2D eigenvalue weighted by Gasteiger charge is -2.58. The van der Waals surface area contributed by atoms with E-state index in [-0.39, 0.29) is 40.4 Å². The van der Waals surface area contributed by atoms with Crippen LogP contribution < -0.4 is 9.47 Å². The second-order valence-electron chi connectivity index (χ2n) is 23.1. The van der Waals surface area contributed by atoms with Crippen LogP contribution in [0.15, 0.2) is 29.8 Å². The molecule has 4 aliphatic heterocycles. The zero-order valence-corrected chi connectivity index (χ0v) is 44.0. The predicted octanol–water partition coefficient (Wildman–Crippen LogP) is -2.99. The zero-order chi connectivity index (χ0) is 55.6. The Bertz CT molecular complexity index is 2150. The van der Waals surface area contributed by atoms with Crippen molar-refractivity contribution in [2.24, 2.45) is 34.5 Å². The van der Waals surface area contributed by atoms with Gasteiger partial charge in [0, 0.05) is 5.56 Å². The number of hydrogen-bond acceptors (Lipinski definition) is 24. The highest BCUT2D eigenvalue weighted by molar-refractivity contribution is 5.44. The molecule has 0 radical (unpaired) electrons. The van der Waals surface area contributed by atoms with Gasteiger partial charge in [-0.2, -0.15) is 0 Å². The first-order chi connectivity index (χ1) is 36.7. The Kier molecular flexibility index (Phi) is 18.4. The van der Waals surface area contributed by atoms with Crippen molar-refractivity contribution in [3.8, 4) is 11.5 Å². The number of aliphatic hydroxyl groups is 14. The summed E-state index contributed by atoms with van der Waals surface area (Å²) in [5.74, 6) is 1.60. The van der Waals surface area contributed by atoms with Crippen molar-refractivity contribution >= 4 is 0 Å². The van der Waals surface area contributed by atoms with Crippen molar-refractivity contribution < 1.29 is 119 Å². The summed E-state index contributed by atoms with van der Waals surface area (Å²) in [6, 6.07) is 5.71. The summed E-state index contributed by atoms with van der Waals surface area (Å²) in [4.78, 5) is 0. The van der Waals surface area contributed by atoms with Crippen LogP contribution in [0.2, 0.25) is 0 Å². The highest BCUT2D eigenvalue weighted by Crippen LogP contribution is 2.70. The van der Waals surface area contributed by atoms with Crippen LogP contribution in [0, 0.1) is 34.5 Å². The van der Waals surface area contributed by atoms with Crippen molar-refractivity contribution in [3.63, 3.8) is 0 Å². The Morgan fingerprint density at radius 2 is 1.10 bits per heavy atom. The first-order valence-electron chi connectivity index (χ1n) is 27.1. The van der Waals surface area contributed by atoms with Crippen LogP contribution in [0.1, 0.15) is 77.2 Å². The fourth-order valence-electron chi connectivity index (χ4n) is 15.0. The second kappa shape index (κ2) is 23.9. The van der Waals surface area contributed by atoms with E-state index in [2.05, 4.69) is 19.9 Å². The number of aliphatic hydroxyl groups excluding tert-OH is 14. The molecule has 24 heteroatoms. The van der Waals surface area contributed by atoms with Crippen LogP contribution in [-0.2, 0) is 37.9 Å². The molecule has 3 saturated carbocycles. The third kappa shape index (κ3) is 10.7. The van der Waals surface area contributed by atoms with E-state index in [1.807, 2.05) is 25.1 Å². The molecule has 0 bridgehead atoms. The lowest BCUT2D eigenvalue weighted by Crippen LogP contribution is -2.65. The molecule has 1 aromatic carbocycles. The molecule has 8 aliphatic rings. The van der Waals surface area contributed by atoms with Gasteiger partial charge in [0.15, 0.2) is 25.2 Å². The highest BCUT2D eigenvalue weighted by atomic mass is 16.8. The van der Waals surface area contributed by atoms with Crippen LogP contribution >= 0.6 is 0 Å². The van der Waals surface area contributed by atoms with Gasteiger partial charge in [-0.25, -0.2) is 0 Å². The molecule has 7 fully saturated rings. The first kappa shape index (κ1) is 59.3. The molecule has 4 aliphatic carbocycles. The number of rotatable bonds is 16. The molecule has 0 amide bonds. The fourth-order valence-corrected chi connectivity index (χ4v) is 15.0. The van der Waals surface area contributed by atoms with Crippen molar-refractivity contribution in [1.29, 1.82) is 0 Å². The van der Waals surface area contributed by atoms with Crippen molar-refractivity contribution in [2.75, 3.05) is 40.6 Å². The maximum atomic E-state index is 11.7. The van der Waals surface area contributed by atoms with E-state index in [1.54, 1.807) is 14.2 Å². The van der Waals surface area contributed by atoms with Gasteiger partial charge >= 0.3 is 0 Å². The number of methoxy groups -OCH3 is 2. The monoisotopic (exact) mass is 1100 g/mol. The summed E-state index contributed by atoms with van der Waals surface area (Å²) in [5, 5.41) is 149. The van der Waals surface area contributed by atoms with Crippen LogP contribution in [0.5, 0.6) is 11.5 Å². The van der Waals surface area contributed by atoms with E-state index in [0.29, 0.717) is 24.3 Å². The second-order valence-corrected chi connectivity index (χ2v) is 23.1. The Hall–Kier alpha value is -2.32. The molecule has 0 aromatic heterocycles. The smallest absolute Gasteiger partial charge is 0.187 e. The van der Waals surface area contributed by atoms with E-state index < -0.39 is 161 Å². The quantitative estimate of drug-likeness (QED) is 0.0734. The number of hydrogen-bond donors (Lipinski definition) is 14. The largest absolute Gasteiger partial charge is 0.497 e. The van der Waals surface area contributed by atoms with E-state index in [4.69, 9.17) is 47.4 Å². The van der Waals surface area contributed by atoms with E-state index in [9.17, 15) is 71.5 Å². The molecule has 77 heavy (non-hydrogen) atoms. The van der Waals surface area contributed by atoms with Crippen LogP contribution in [0.4, 0.5) is 0 Å². The number of fused-ring (bicyclic) bond motifs is 5. The fraction of sp³-hybridized carbons (Fsp3) is 0.849. The summed E-state index contributed by atoms with van der Waals surface area (Å²) in [6.45, 7) is 3.70. The van der Waals surface area contributed by atoms with Gasteiger partial charge in [-0.05, 0) is 110 Å². The Balaban J connectivity index is 0.910. The first-order valence-corrected chi connectivity index (χ1v) is 27.1. The molecule has 29 atom stereocenters. The SMILES string of the molecule is COc1ccc(OC)c(C2CC3C4CC=C5CC(OC6O[C@H](CO)[C@@H](O[C@@H]7O[C@H](CO)[C@H](O)[C@H](O)[C@H]7O)[C@H](O)[C@H]6O)CCC5(C)C4CCC3(C)C2C(C)OC2O[C@H](CO)[C@@H](O[C@@H]3O[C@H](CO)[C@H](O)[C@H](O)[C@H]3O)[C@H](O)[C@H]2O)c1. The Morgan fingerprint density at radius 3 is 1.65 bits per heavy atom. The molecule has 1 aromatic rings. The summed E-state index contributed by atoms with van der Waals surface area (Å²) in [5.41, 5.74) is 1.57. The average molecular weight is 1100 g/mol. The standard InChI is InChI=1S/C53H82O24/c1-21(70-48-44(66)40(62)46(33(19-56)74-48)76-50-42(64)38(60)36(58)31(17-54)72-50)35-27(26-15-23(68-4)7-9-30(26)69-5)16-29-25-8-6-22-14-24(10-12-52(22,2)28(25)11-13-53(29,35)3)71-49-45(67)41(63)47(34(20-57)75-49)77-51-43(65)39(61)37(59)32(18-55)73-51/h6-7,9,15,21,24-25,27-29,31-51,54-67H,8,10-14,16-20H2,1-5H3/t21?,24?,25?,27?,28?,29?,31-,32-,33-,34-,35?,36+,37+,38+,39+,40-,41-,42-,43-,44-,45-,46-,47-,48?,49?,50+,51+,52?,53?/m1/s1. The molecule has 14 N–H and O–H groups in total. The lowest BCUT2D eigenvalue weighted by atomic mass is 9.47. The summed E-state index contributed by atoms with van der Waals surface area (Å²) >= 11 is 0. The highest BCUT2D eigenvalue weighted by Gasteiger charge is 2.64. The molecule has 4 heterocycles. The molecule has 438 valence electrons. The third-order valence-corrected chi connectivity index (χ3v) is 19.1. The van der Waals surface area contributed by atoms with Gasteiger partial charge in [0.2, 0.25) is 0 Å². The molecule has 11 unspecified atom stereocenters. The summed E-state index contributed by atoms with van der Waals surface area (Å²) < 4.78 is 59.6. The van der Waals surface area contributed by atoms with E-state index in [1.165, 1.54) is 5.57 Å². The Labute approximate surface area is 446 Å². The van der Waals surface area contributed by atoms with Crippen LogP contribution in [-0.4, -0.2) is 247 Å². The van der Waals surface area contributed by atoms with Crippen LogP contribution in [0.25, 0.3) is 0 Å². The predicted molar refractivity (Wildman–Crippen MR) is 261 cm³/mol. The van der Waals surface area contributed by atoms with Gasteiger partial charge in [0.05, 0.1) is 52.9 Å². The molecular formula is C53H82O24. The van der Waals surface area contributed by atoms with Crippen molar-refractivity contribution in [3.05, 3.63) is 35.4 Å². The lowest BCUT2D eigenvalue weighted by molar-refractivity contribution is -0.364. The minimum Gasteiger partial charge on any atom is -0.497 e. The topological polar surface area (TPSA) is 376 Å². The maximum Gasteiger partial charge on any atom is 0.187 e. The molecule has 0 spiro atoms. The van der Waals surface area contributed by atoms with E-state index >= 15 is 0 Å². The maximum absolute atomic E-state index is 11.7. The number of allylic oxidation sites excluding steroid dienone is 1. The number of ether oxygens (including phenoxy) is 10. The number of benzene rings is 1. The van der Waals surface area contributed by atoms with Gasteiger partial charge in [-0.3, -0.25) is 0 Å². The van der Waals surface area contributed by atoms with Gasteiger partial charge < -0.3 is 119 Å². The van der Waals surface area contributed by atoms with E-state index in [0.717, 1.165) is 37.7 Å². The van der Waals surface area contributed by atoms with Gasteiger partial charge in [0.25, 0.3) is 0 Å². The van der Waals surface area contributed by atoms with Gasteiger partial charge in [-0.1, -0.05) is 25.5 Å². The normalized spacial score (nSPS) is 49.5. The summed E-state index contributed by atoms with van der Waals surface area (Å²) in [6.07, 6.45) is -25.3. The minimum absolute atomic E-state index is 0.157. The molecule has 4 saturated heterocycles. The van der Waals surface area contributed by atoms with Crippen molar-refractivity contribution in [2.45, 2.75) is 207 Å².